The van der Waals surface area contributed by atoms with Gasteiger partial charge in [-0.15, -0.1) is 0 Å². The van der Waals surface area contributed by atoms with Gasteiger partial charge in [0.15, 0.2) is 0 Å². The highest BCUT2D eigenvalue weighted by Crippen LogP contribution is 2.22. The number of hydrogen-bond donors (Lipinski definition) is 2. The number of methoxy groups -OCH3 is 2. The first-order chi connectivity index (χ1) is 13.7. The van der Waals surface area contributed by atoms with Crippen molar-refractivity contribution < 1.29 is 27.5 Å². The summed E-state index contributed by atoms with van der Waals surface area (Å²) >= 11 is 0. The van der Waals surface area contributed by atoms with Crippen molar-refractivity contribution in [3.63, 3.8) is 0 Å². The highest BCUT2D eigenvalue weighted by atomic mass is 32.2. The summed E-state index contributed by atoms with van der Waals surface area (Å²) in [5.41, 5.74) is 2.47. The van der Waals surface area contributed by atoms with Gasteiger partial charge in [0.25, 0.3) is 10.0 Å². The SMILES string of the molecule is COC(=O)/C=C(/Nc1ccc(S(=O)(=O)Nc2cc(C)ccc2C)cc1)C(=O)OC. The summed E-state index contributed by atoms with van der Waals surface area (Å²) in [4.78, 5) is 23.2. The number of carbonyl (C=O) groups excluding carboxylic acids is 2. The average molecular weight is 418 g/mol. The Morgan fingerprint density at radius 3 is 2.21 bits per heavy atom. The molecule has 0 aliphatic carbocycles. The maximum Gasteiger partial charge on any atom is 0.354 e. The van der Waals surface area contributed by atoms with Gasteiger partial charge < -0.3 is 14.8 Å². The van der Waals surface area contributed by atoms with Crippen LogP contribution in [0.5, 0.6) is 0 Å². The molecule has 2 aromatic carbocycles. The van der Waals surface area contributed by atoms with E-state index in [9.17, 15) is 18.0 Å². The predicted octanol–water partition coefficient (Wildman–Crippen LogP) is 2.75. The van der Waals surface area contributed by atoms with Crippen molar-refractivity contribution >= 4 is 33.3 Å². The summed E-state index contributed by atoms with van der Waals surface area (Å²) in [6.07, 6.45) is 0.943. The number of rotatable bonds is 7. The molecule has 29 heavy (non-hydrogen) atoms. The molecule has 8 nitrogen and oxygen atoms in total. The predicted molar refractivity (Wildman–Crippen MR) is 109 cm³/mol. The van der Waals surface area contributed by atoms with Crippen LogP contribution in [0.15, 0.2) is 59.1 Å². The van der Waals surface area contributed by atoms with Gasteiger partial charge in [0.1, 0.15) is 5.70 Å². The van der Waals surface area contributed by atoms with Gasteiger partial charge in [-0.05, 0) is 55.3 Å². The quantitative estimate of drug-likeness (QED) is 0.525. The smallest absolute Gasteiger partial charge is 0.354 e. The Bertz CT molecular complexity index is 1040. The van der Waals surface area contributed by atoms with E-state index in [1.165, 1.54) is 38.5 Å². The van der Waals surface area contributed by atoms with Crippen LogP contribution < -0.4 is 10.0 Å². The zero-order valence-corrected chi connectivity index (χ0v) is 17.3. The Hall–Kier alpha value is -3.33. The highest BCUT2D eigenvalue weighted by molar-refractivity contribution is 7.92. The molecular formula is C20H22N2O6S. The van der Waals surface area contributed by atoms with Crippen LogP contribution in [-0.2, 0) is 29.1 Å². The van der Waals surface area contributed by atoms with E-state index in [0.717, 1.165) is 17.2 Å². The normalized spacial score (nSPS) is 11.5. The summed E-state index contributed by atoms with van der Waals surface area (Å²) in [6, 6.07) is 11.2. The molecule has 0 aliphatic rings. The maximum atomic E-state index is 12.7. The number of nitrogens with one attached hydrogen (secondary N) is 2. The second kappa shape index (κ2) is 9.24. The minimum Gasteiger partial charge on any atom is -0.466 e. The zero-order chi connectivity index (χ0) is 21.6. The first kappa shape index (κ1) is 22.0. The van der Waals surface area contributed by atoms with Gasteiger partial charge in [0.05, 0.1) is 30.9 Å². The standard InChI is InChI=1S/C20H22N2O6S/c1-13-5-6-14(2)17(11-13)22-29(25,26)16-9-7-15(8-10-16)21-18(20(24)28-4)12-19(23)27-3/h5-12,21-22H,1-4H3/b18-12+. The van der Waals surface area contributed by atoms with E-state index in [1.54, 1.807) is 6.07 Å². The molecule has 0 saturated carbocycles. The summed E-state index contributed by atoms with van der Waals surface area (Å²) in [6.45, 7) is 3.69. The number of hydrogen-bond acceptors (Lipinski definition) is 7. The number of aryl methyl sites for hydroxylation is 2. The molecule has 0 saturated heterocycles. The van der Waals surface area contributed by atoms with E-state index in [-0.39, 0.29) is 10.6 Å². The van der Waals surface area contributed by atoms with Gasteiger partial charge in [-0.2, -0.15) is 0 Å². The second-order valence-electron chi connectivity index (χ2n) is 6.15. The van der Waals surface area contributed by atoms with E-state index in [0.29, 0.717) is 11.4 Å². The minimum atomic E-state index is -3.80. The fourth-order valence-corrected chi connectivity index (χ4v) is 3.48. The molecule has 0 bridgehead atoms. The third-order valence-corrected chi connectivity index (χ3v) is 5.33. The molecule has 0 fully saturated rings. The Morgan fingerprint density at radius 1 is 0.966 bits per heavy atom. The number of ether oxygens (including phenoxy) is 2. The molecule has 0 unspecified atom stereocenters. The molecule has 9 heteroatoms. The first-order valence-electron chi connectivity index (χ1n) is 8.51. The van der Waals surface area contributed by atoms with Crippen LogP contribution in [0, 0.1) is 13.8 Å². The average Bonchev–Trinajstić information content (AvgIpc) is 2.69. The lowest BCUT2D eigenvalue weighted by molar-refractivity contribution is -0.138. The van der Waals surface area contributed by atoms with Gasteiger partial charge in [0, 0.05) is 5.69 Å². The van der Waals surface area contributed by atoms with Crippen molar-refractivity contribution in [1.82, 2.24) is 0 Å². The Labute approximate surface area is 169 Å². The highest BCUT2D eigenvalue weighted by Gasteiger charge is 2.17. The lowest BCUT2D eigenvalue weighted by Crippen LogP contribution is -2.16. The molecule has 0 atom stereocenters. The minimum absolute atomic E-state index is 0.0421. The van der Waals surface area contributed by atoms with Crippen molar-refractivity contribution in [1.29, 1.82) is 0 Å². The second-order valence-corrected chi connectivity index (χ2v) is 7.83. The van der Waals surface area contributed by atoms with E-state index < -0.39 is 22.0 Å². The van der Waals surface area contributed by atoms with E-state index in [4.69, 9.17) is 0 Å². The summed E-state index contributed by atoms with van der Waals surface area (Å²) in [5, 5.41) is 2.71. The number of carbonyl (C=O) groups is 2. The Kier molecular flexibility index (Phi) is 7.00. The maximum absolute atomic E-state index is 12.7. The Morgan fingerprint density at radius 2 is 1.62 bits per heavy atom. The summed E-state index contributed by atoms with van der Waals surface area (Å²) in [7, 11) is -1.45. The molecule has 0 amide bonds. The first-order valence-corrected chi connectivity index (χ1v) is 9.99. The fourth-order valence-electron chi connectivity index (χ4n) is 2.36. The third kappa shape index (κ3) is 5.82. The molecule has 2 aromatic rings. The summed E-state index contributed by atoms with van der Waals surface area (Å²) in [5.74, 6) is -1.52. The van der Waals surface area contributed by atoms with Crippen molar-refractivity contribution in [3.8, 4) is 0 Å². The van der Waals surface area contributed by atoms with E-state index in [1.807, 2.05) is 26.0 Å². The van der Waals surface area contributed by atoms with Crippen LogP contribution in [0.25, 0.3) is 0 Å². The molecule has 0 aromatic heterocycles. The van der Waals surface area contributed by atoms with Gasteiger partial charge >= 0.3 is 11.9 Å². The molecule has 0 radical (unpaired) electrons. The van der Waals surface area contributed by atoms with Gasteiger partial charge in [-0.25, -0.2) is 18.0 Å². The van der Waals surface area contributed by atoms with Crippen molar-refractivity contribution in [2.24, 2.45) is 0 Å². The van der Waals surface area contributed by atoms with Crippen LogP contribution in [0.3, 0.4) is 0 Å². The number of sulfonamides is 1. The van der Waals surface area contributed by atoms with Crippen LogP contribution in [-0.4, -0.2) is 34.6 Å². The number of benzene rings is 2. The van der Waals surface area contributed by atoms with E-state index in [2.05, 4.69) is 19.5 Å². The molecule has 154 valence electrons. The van der Waals surface area contributed by atoms with Crippen LogP contribution in [0.2, 0.25) is 0 Å². The third-order valence-electron chi connectivity index (χ3n) is 3.95. The van der Waals surface area contributed by atoms with Gasteiger partial charge in [-0.1, -0.05) is 12.1 Å². The number of anilines is 2. The molecule has 0 aliphatic heterocycles. The topological polar surface area (TPSA) is 111 Å². The van der Waals surface area contributed by atoms with Gasteiger partial charge in [-0.3, -0.25) is 4.72 Å². The molecule has 0 heterocycles. The van der Waals surface area contributed by atoms with E-state index >= 15 is 0 Å². The number of esters is 2. The monoisotopic (exact) mass is 418 g/mol. The van der Waals surface area contributed by atoms with Crippen molar-refractivity contribution in [2.45, 2.75) is 18.7 Å². The zero-order valence-electron chi connectivity index (χ0n) is 16.5. The van der Waals surface area contributed by atoms with Gasteiger partial charge in [0.2, 0.25) is 0 Å². The van der Waals surface area contributed by atoms with Crippen molar-refractivity contribution in [2.75, 3.05) is 24.3 Å². The van der Waals surface area contributed by atoms with Crippen LogP contribution in [0.1, 0.15) is 11.1 Å². The Balaban J connectivity index is 2.24. The molecule has 2 N–H and O–H groups in total. The van der Waals surface area contributed by atoms with Crippen LogP contribution >= 0.6 is 0 Å². The fraction of sp³-hybridized carbons (Fsp3) is 0.200. The largest absolute Gasteiger partial charge is 0.466 e. The molecule has 0 spiro atoms. The van der Waals surface area contributed by atoms with Crippen LogP contribution in [0.4, 0.5) is 11.4 Å². The summed E-state index contributed by atoms with van der Waals surface area (Å²) < 4.78 is 37.0. The van der Waals surface area contributed by atoms with Crippen molar-refractivity contribution in [3.05, 3.63) is 65.4 Å². The molecular weight excluding hydrogens is 396 g/mol. The lowest BCUT2D eigenvalue weighted by Gasteiger charge is -2.13. The molecule has 2 rings (SSSR count). The lowest BCUT2D eigenvalue weighted by atomic mass is 10.1.